The second-order valence-electron chi connectivity index (χ2n) is 2.23. The molecule has 0 aliphatic rings. The van der Waals surface area contributed by atoms with Gasteiger partial charge >= 0.3 is 5.97 Å². The van der Waals surface area contributed by atoms with Crippen LogP contribution in [0.15, 0.2) is 18.2 Å². The summed E-state index contributed by atoms with van der Waals surface area (Å²) in [6.07, 6.45) is 0. The molecule has 0 saturated heterocycles. The van der Waals surface area contributed by atoms with Gasteiger partial charge in [-0.3, -0.25) is 0 Å². The molecule has 0 aliphatic carbocycles. The van der Waals surface area contributed by atoms with E-state index in [4.69, 9.17) is 7.85 Å². The van der Waals surface area contributed by atoms with Crippen LogP contribution < -0.4 is 5.46 Å². The van der Waals surface area contributed by atoms with E-state index < -0.39 is 11.8 Å². The van der Waals surface area contributed by atoms with Crippen molar-refractivity contribution >= 4 is 19.3 Å². The summed E-state index contributed by atoms with van der Waals surface area (Å²) in [4.78, 5) is 10.9. The van der Waals surface area contributed by atoms with Gasteiger partial charge in [0.15, 0.2) is 0 Å². The van der Waals surface area contributed by atoms with Crippen molar-refractivity contribution in [3.63, 3.8) is 0 Å². The van der Waals surface area contributed by atoms with Gasteiger partial charge in [0.2, 0.25) is 0 Å². The SMILES string of the molecule is [B]c1ccc(F)c(C(=O)OC)c1. The first kappa shape index (κ1) is 8.78. The highest BCUT2D eigenvalue weighted by Crippen LogP contribution is 2.05. The van der Waals surface area contributed by atoms with Gasteiger partial charge in [0.1, 0.15) is 13.7 Å². The molecule has 0 unspecified atom stereocenters. The van der Waals surface area contributed by atoms with Crippen LogP contribution in [0.2, 0.25) is 0 Å². The Balaban J connectivity index is 3.13. The van der Waals surface area contributed by atoms with E-state index in [1.54, 1.807) is 0 Å². The number of carbonyl (C=O) groups is 1. The lowest BCUT2D eigenvalue weighted by atomic mass is 9.94. The maximum Gasteiger partial charge on any atom is 0.340 e. The predicted molar refractivity (Wildman–Crippen MR) is 43.1 cm³/mol. The van der Waals surface area contributed by atoms with Gasteiger partial charge in [0, 0.05) is 0 Å². The van der Waals surface area contributed by atoms with E-state index in [2.05, 4.69) is 4.74 Å². The summed E-state index contributed by atoms with van der Waals surface area (Å²) in [5.74, 6) is -1.35. The molecule has 0 spiro atoms. The third-order valence-electron chi connectivity index (χ3n) is 1.40. The van der Waals surface area contributed by atoms with E-state index in [1.165, 1.54) is 19.2 Å². The highest BCUT2D eigenvalue weighted by atomic mass is 19.1. The summed E-state index contributed by atoms with van der Waals surface area (Å²) in [6.45, 7) is 0. The number of methoxy groups -OCH3 is 1. The number of rotatable bonds is 1. The molecule has 12 heavy (non-hydrogen) atoms. The van der Waals surface area contributed by atoms with Crippen molar-refractivity contribution in [3.05, 3.63) is 29.6 Å². The van der Waals surface area contributed by atoms with Crippen LogP contribution in [-0.2, 0) is 4.74 Å². The maximum atomic E-state index is 12.9. The van der Waals surface area contributed by atoms with Crippen molar-refractivity contribution in [2.45, 2.75) is 0 Å². The summed E-state index contributed by atoms with van der Waals surface area (Å²) < 4.78 is 17.2. The molecule has 0 amide bonds. The second-order valence-corrected chi connectivity index (χ2v) is 2.23. The van der Waals surface area contributed by atoms with E-state index >= 15 is 0 Å². The van der Waals surface area contributed by atoms with Crippen LogP contribution in [0.25, 0.3) is 0 Å². The van der Waals surface area contributed by atoms with E-state index in [1.807, 2.05) is 0 Å². The van der Waals surface area contributed by atoms with Crippen LogP contribution in [0.3, 0.4) is 0 Å². The van der Waals surface area contributed by atoms with Crippen LogP contribution in [0.4, 0.5) is 4.39 Å². The van der Waals surface area contributed by atoms with Gasteiger partial charge < -0.3 is 4.74 Å². The minimum absolute atomic E-state index is 0.141. The average molecular weight is 164 g/mol. The van der Waals surface area contributed by atoms with Crippen LogP contribution >= 0.6 is 0 Å². The van der Waals surface area contributed by atoms with E-state index in [0.717, 1.165) is 6.07 Å². The molecule has 0 fully saturated rings. The van der Waals surface area contributed by atoms with E-state index in [0.29, 0.717) is 5.46 Å². The summed E-state index contributed by atoms with van der Waals surface area (Å²) in [5.41, 5.74) is 0.189. The zero-order chi connectivity index (χ0) is 9.14. The molecule has 0 aliphatic heterocycles. The minimum Gasteiger partial charge on any atom is -0.465 e. The fraction of sp³-hybridized carbons (Fsp3) is 0.125. The summed E-state index contributed by atoms with van der Waals surface area (Å²) in [5, 5.41) is 0. The van der Waals surface area contributed by atoms with Crippen molar-refractivity contribution in [1.29, 1.82) is 0 Å². The van der Waals surface area contributed by atoms with Gasteiger partial charge in [-0.25, -0.2) is 9.18 Å². The maximum absolute atomic E-state index is 12.9. The molecule has 0 N–H and O–H groups in total. The number of hydrogen-bond donors (Lipinski definition) is 0. The molecule has 60 valence electrons. The van der Waals surface area contributed by atoms with E-state index in [9.17, 15) is 9.18 Å². The lowest BCUT2D eigenvalue weighted by molar-refractivity contribution is 0.0595. The van der Waals surface area contributed by atoms with Crippen LogP contribution in [0.5, 0.6) is 0 Å². The van der Waals surface area contributed by atoms with Gasteiger partial charge in [-0.15, -0.1) is 0 Å². The number of hydrogen-bond acceptors (Lipinski definition) is 2. The summed E-state index contributed by atoms with van der Waals surface area (Å²) >= 11 is 0. The first-order valence-corrected chi connectivity index (χ1v) is 3.28. The van der Waals surface area contributed by atoms with E-state index in [-0.39, 0.29) is 5.56 Å². The largest absolute Gasteiger partial charge is 0.465 e. The Morgan fingerprint density at radius 2 is 2.25 bits per heavy atom. The quantitative estimate of drug-likeness (QED) is 0.443. The highest BCUT2D eigenvalue weighted by Gasteiger charge is 2.10. The summed E-state index contributed by atoms with van der Waals surface area (Å²) in [6, 6.07) is 3.74. The molecule has 2 nitrogen and oxygen atoms in total. The van der Waals surface area contributed by atoms with Crippen LogP contribution in [0, 0.1) is 5.82 Å². The van der Waals surface area contributed by atoms with Gasteiger partial charge in [0.25, 0.3) is 0 Å². The monoisotopic (exact) mass is 164 g/mol. The van der Waals surface area contributed by atoms with Crippen molar-refractivity contribution in [3.8, 4) is 0 Å². The zero-order valence-corrected chi connectivity index (χ0v) is 6.50. The number of halogens is 1. The Labute approximate surface area is 70.8 Å². The molecular weight excluding hydrogens is 158 g/mol. The topological polar surface area (TPSA) is 26.3 Å². The molecular formula is C8H6BFO2. The summed E-state index contributed by atoms with van der Waals surface area (Å²) in [7, 11) is 6.53. The third kappa shape index (κ3) is 1.64. The van der Waals surface area contributed by atoms with Gasteiger partial charge in [-0.1, -0.05) is 17.6 Å². The lowest BCUT2D eigenvalue weighted by Gasteiger charge is -2.01. The number of carbonyl (C=O) groups excluding carboxylic acids is 1. The molecule has 0 saturated carbocycles. The number of benzene rings is 1. The standard InChI is InChI=1S/C8H6BFO2/c1-12-8(11)6-4-5(9)2-3-7(6)10/h2-4H,1H3. The third-order valence-corrected chi connectivity index (χ3v) is 1.40. The first-order chi connectivity index (χ1) is 5.65. The van der Waals surface area contributed by atoms with Crippen molar-refractivity contribution in [1.82, 2.24) is 0 Å². The molecule has 1 aromatic carbocycles. The smallest absolute Gasteiger partial charge is 0.340 e. The molecule has 0 atom stereocenters. The Morgan fingerprint density at radius 1 is 1.58 bits per heavy atom. The average Bonchev–Trinajstić information content (AvgIpc) is 2.08. The Bertz CT molecular complexity index is 312. The molecule has 1 rings (SSSR count). The van der Waals surface area contributed by atoms with Gasteiger partial charge in [0.05, 0.1) is 12.7 Å². The minimum atomic E-state index is -0.722. The predicted octanol–water partition coefficient (Wildman–Crippen LogP) is 0.406. The Hall–Kier alpha value is -1.32. The zero-order valence-electron chi connectivity index (χ0n) is 6.50. The fourth-order valence-electron chi connectivity index (χ4n) is 0.809. The first-order valence-electron chi connectivity index (χ1n) is 3.28. The molecule has 0 bridgehead atoms. The molecule has 4 heteroatoms. The van der Waals surface area contributed by atoms with Gasteiger partial charge in [-0.05, 0) is 6.07 Å². The van der Waals surface area contributed by atoms with Crippen molar-refractivity contribution < 1.29 is 13.9 Å². The van der Waals surface area contributed by atoms with Crippen LogP contribution in [-0.4, -0.2) is 20.9 Å². The van der Waals surface area contributed by atoms with Crippen molar-refractivity contribution in [2.24, 2.45) is 0 Å². The van der Waals surface area contributed by atoms with Crippen molar-refractivity contribution in [2.75, 3.05) is 7.11 Å². The number of ether oxygens (including phenoxy) is 1. The van der Waals surface area contributed by atoms with Gasteiger partial charge in [-0.2, -0.15) is 0 Å². The highest BCUT2D eigenvalue weighted by molar-refractivity contribution is 6.32. The molecule has 1 aromatic rings. The molecule has 0 heterocycles. The van der Waals surface area contributed by atoms with Crippen LogP contribution in [0.1, 0.15) is 10.4 Å². The fourth-order valence-corrected chi connectivity index (χ4v) is 0.809. The Kier molecular flexibility index (Phi) is 2.48. The lowest BCUT2D eigenvalue weighted by Crippen LogP contribution is -2.10. The molecule has 0 aromatic heterocycles. The molecule has 2 radical (unpaired) electrons. The number of esters is 1. The normalized spacial score (nSPS) is 9.50. The second kappa shape index (κ2) is 3.39. The Morgan fingerprint density at radius 3 is 2.83 bits per heavy atom.